The summed E-state index contributed by atoms with van der Waals surface area (Å²) in [6.07, 6.45) is 11.6. The SMILES string of the molecule is O=C1CCC2(C=C3CC(Br)=CC=C3C2)Cc2ccccc21. The highest BCUT2D eigenvalue weighted by molar-refractivity contribution is 9.11. The lowest BCUT2D eigenvalue weighted by molar-refractivity contribution is 0.0973. The molecular formula is C19H17BrO. The Morgan fingerprint density at radius 3 is 2.81 bits per heavy atom. The summed E-state index contributed by atoms with van der Waals surface area (Å²) in [6.45, 7) is 0. The van der Waals surface area contributed by atoms with E-state index in [1.807, 2.05) is 12.1 Å². The third kappa shape index (κ3) is 2.26. The van der Waals surface area contributed by atoms with Gasteiger partial charge in [-0.05, 0) is 45.9 Å². The topological polar surface area (TPSA) is 17.1 Å². The molecule has 0 saturated carbocycles. The maximum atomic E-state index is 12.4. The predicted octanol–water partition coefficient (Wildman–Crippen LogP) is 5.13. The molecule has 0 fully saturated rings. The highest BCUT2D eigenvalue weighted by Crippen LogP contribution is 2.50. The number of ketones is 1. The lowest BCUT2D eigenvalue weighted by Crippen LogP contribution is -2.17. The third-order valence-corrected chi connectivity index (χ3v) is 5.52. The molecule has 0 radical (unpaired) electrons. The zero-order valence-corrected chi connectivity index (χ0v) is 13.4. The number of allylic oxidation sites excluding steroid dienone is 6. The van der Waals surface area contributed by atoms with E-state index in [9.17, 15) is 4.79 Å². The number of carbonyl (C=O) groups is 1. The van der Waals surface area contributed by atoms with Crippen molar-refractivity contribution in [3.63, 3.8) is 0 Å². The molecule has 1 aromatic carbocycles. The van der Waals surface area contributed by atoms with Crippen LogP contribution in [-0.2, 0) is 6.42 Å². The molecule has 3 aliphatic rings. The third-order valence-electron chi connectivity index (χ3n) is 4.97. The molecule has 0 heterocycles. The molecule has 0 amide bonds. The smallest absolute Gasteiger partial charge is 0.163 e. The van der Waals surface area contributed by atoms with Gasteiger partial charge in [-0.15, -0.1) is 0 Å². The molecule has 106 valence electrons. The first kappa shape index (κ1) is 13.3. The number of hydrogen-bond acceptors (Lipinski definition) is 1. The summed E-state index contributed by atoms with van der Waals surface area (Å²) >= 11 is 3.61. The van der Waals surface area contributed by atoms with E-state index in [2.05, 4.69) is 46.3 Å². The fourth-order valence-electron chi connectivity index (χ4n) is 3.95. The number of carbonyl (C=O) groups excluding carboxylic acids is 1. The molecule has 1 aromatic rings. The molecule has 4 rings (SSSR count). The minimum absolute atomic E-state index is 0.148. The maximum Gasteiger partial charge on any atom is 0.163 e. The lowest BCUT2D eigenvalue weighted by Gasteiger charge is -2.25. The normalized spacial score (nSPS) is 27.5. The first-order valence-electron chi connectivity index (χ1n) is 7.54. The van der Waals surface area contributed by atoms with Crippen LogP contribution in [0.4, 0.5) is 0 Å². The van der Waals surface area contributed by atoms with Gasteiger partial charge in [0.15, 0.2) is 5.78 Å². The quantitative estimate of drug-likeness (QED) is 0.639. The second kappa shape index (κ2) is 4.81. The Morgan fingerprint density at radius 2 is 1.90 bits per heavy atom. The summed E-state index contributed by atoms with van der Waals surface area (Å²) in [5.74, 6) is 0.309. The van der Waals surface area contributed by atoms with Crippen molar-refractivity contribution in [3.8, 4) is 0 Å². The van der Waals surface area contributed by atoms with Crippen LogP contribution in [0.25, 0.3) is 0 Å². The van der Waals surface area contributed by atoms with Crippen molar-refractivity contribution in [2.24, 2.45) is 5.41 Å². The number of hydrogen-bond donors (Lipinski definition) is 0. The van der Waals surface area contributed by atoms with Crippen molar-refractivity contribution in [2.45, 2.75) is 32.1 Å². The van der Waals surface area contributed by atoms with E-state index in [-0.39, 0.29) is 5.41 Å². The van der Waals surface area contributed by atoms with E-state index in [4.69, 9.17) is 0 Å². The van der Waals surface area contributed by atoms with E-state index in [1.54, 1.807) is 0 Å². The molecule has 2 heteroatoms. The Kier molecular flexibility index (Phi) is 3.04. The average molecular weight is 341 g/mol. The molecule has 0 aliphatic heterocycles. The predicted molar refractivity (Wildman–Crippen MR) is 88.6 cm³/mol. The molecule has 1 nitrogen and oxygen atoms in total. The number of benzene rings is 1. The minimum Gasteiger partial charge on any atom is -0.294 e. The first-order valence-corrected chi connectivity index (χ1v) is 8.33. The van der Waals surface area contributed by atoms with Crippen molar-refractivity contribution >= 4 is 21.7 Å². The van der Waals surface area contributed by atoms with Crippen molar-refractivity contribution in [1.29, 1.82) is 0 Å². The largest absolute Gasteiger partial charge is 0.294 e. The summed E-state index contributed by atoms with van der Waals surface area (Å²) in [4.78, 5) is 12.4. The van der Waals surface area contributed by atoms with Gasteiger partial charge in [-0.3, -0.25) is 4.79 Å². The van der Waals surface area contributed by atoms with Crippen LogP contribution in [0.5, 0.6) is 0 Å². The van der Waals surface area contributed by atoms with Crippen LogP contribution in [0.3, 0.4) is 0 Å². The Hall–Kier alpha value is -1.41. The molecule has 0 aromatic heterocycles. The van der Waals surface area contributed by atoms with Gasteiger partial charge in [-0.2, -0.15) is 0 Å². The zero-order valence-electron chi connectivity index (χ0n) is 11.9. The zero-order chi connectivity index (χ0) is 14.4. The molecule has 1 spiro atoms. The number of rotatable bonds is 0. The molecule has 3 aliphatic carbocycles. The van der Waals surface area contributed by atoms with Gasteiger partial charge in [0.25, 0.3) is 0 Å². The van der Waals surface area contributed by atoms with E-state index in [0.717, 1.165) is 31.2 Å². The van der Waals surface area contributed by atoms with Crippen LogP contribution in [-0.4, -0.2) is 5.78 Å². The maximum absolute atomic E-state index is 12.4. The van der Waals surface area contributed by atoms with Gasteiger partial charge >= 0.3 is 0 Å². The summed E-state index contributed by atoms with van der Waals surface area (Å²) in [6, 6.07) is 8.15. The fraction of sp³-hybridized carbons (Fsp3) is 0.316. The van der Waals surface area contributed by atoms with Gasteiger partial charge in [-0.1, -0.05) is 58.4 Å². The van der Waals surface area contributed by atoms with Crippen LogP contribution < -0.4 is 0 Å². The minimum atomic E-state index is 0.148. The fourth-order valence-corrected chi connectivity index (χ4v) is 4.39. The molecular weight excluding hydrogens is 324 g/mol. The van der Waals surface area contributed by atoms with Gasteiger partial charge in [0.1, 0.15) is 0 Å². The Morgan fingerprint density at radius 1 is 1.05 bits per heavy atom. The summed E-state index contributed by atoms with van der Waals surface area (Å²) in [5.41, 5.74) is 5.23. The van der Waals surface area contributed by atoms with Crippen LogP contribution in [0.1, 0.15) is 41.6 Å². The second-order valence-corrected chi connectivity index (χ2v) is 7.47. The van der Waals surface area contributed by atoms with Gasteiger partial charge in [-0.25, -0.2) is 0 Å². The summed E-state index contributed by atoms with van der Waals surface area (Å²) in [7, 11) is 0. The number of halogens is 1. The first-order chi connectivity index (χ1) is 10.2. The molecule has 1 atom stereocenters. The summed E-state index contributed by atoms with van der Waals surface area (Å²) in [5, 5.41) is 0. The average Bonchev–Trinajstić information content (AvgIpc) is 2.76. The van der Waals surface area contributed by atoms with Crippen LogP contribution in [0.15, 0.2) is 58.1 Å². The van der Waals surface area contributed by atoms with Crippen LogP contribution >= 0.6 is 15.9 Å². The van der Waals surface area contributed by atoms with Crippen molar-refractivity contribution in [1.82, 2.24) is 0 Å². The highest BCUT2D eigenvalue weighted by Gasteiger charge is 2.39. The number of fused-ring (bicyclic) bond motifs is 2. The van der Waals surface area contributed by atoms with Gasteiger partial charge in [0.2, 0.25) is 0 Å². The van der Waals surface area contributed by atoms with Crippen molar-refractivity contribution in [3.05, 3.63) is 69.2 Å². The lowest BCUT2D eigenvalue weighted by atomic mass is 9.78. The van der Waals surface area contributed by atoms with Crippen LogP contribution in [0.2, 0.25) is 0 Å². The van der Waals surface area contributed by atoms with E-state index < -0.39 is 0 Å². The molecule has 0 saturated heterocycles. The monoisotopic (exact) mass is 340 g/mol. The van der Waals surface area contributed by atoms with Gasteiger partial charge in [0, 0.05) is 18.4 Å². The van der Waals surface area contributed by atoms with Gasteiger partial charge in [0.05, 0.1) is 0 Å². The molecule has 1 unspecified atom stereocenters. The Labute approximate surface area is 133 Å². The van der Waals surface area contributed by atoms with Crippen LogP contribution in [0, 0.1) is 5.41 Å². The van der Waals surface area contributed by atoms with E-state index >= 15 is 0 Å². The second-order valence-electron chi connectivity index (χ2n) is 6.45. The number of Topliss-reactive ketones (excluding diaryl/α,β-unsaturated/α-hetero) is 1. The molecule has 0 bridgehead atoms. The Balaban J connectivity index is 1.74. The highest BCUT2D eigenvalue weighted by atomic mass is 79.9. The van der Waals surface area contributed by atoms with Crippen molar-refractivity contribution < 1.29 is 4.79 Å². The molecule has 21 heavy (non-hydrogen) atoms. The van der Waals surface area contributed by atoms with Crippen molar-refractivity contribution in [2.75, 3.05) is 0 Å². The molecule has 0 N–H and O–H groups in total. The van der Waals surface area contributed by atoms with Gasteiger partial charge < -0.3 is 0 Å². The van der Waals surface area contributed by atoms with E-state index in [0.29, 0.717) is 12.2 Å². The standard InChI is InChI=1S/C19H17BrO/c20-16-6-5-13-10-19(12-15(13)9-16)8-7-18(21)17-4-2-1-3-14(17)11-19/h1-6,12H,7-11H2. The van der Waals surface area contributed by atoms with E-state index in [1.165, 1.54) is 21.2 Å². The Bertz CT molecular complexity index is 723. The summed E-state index contributed by atoms with van der Waals surface area (Å²) < 4.78 is 1.25.